The fourth-order valence-electron chi connectivity index (χ4n) is 0.504. The molecule has 0 aliphatic carbocycles. The molecule has 1 N–H and O–H groups in total. The Balaban J connectivity index is 3.96. The normalized spacial score (nSPS) is 13.3. The first-order chi connectivity index (χ1) is 5.72. The second kappa shape index (κ2) is 4.46. The molecule has 0 spiro atoms. The number of amides is 2. The fraction of sp³-hybridized carbons (Fsp3) is 0.750. The second-order valence-electron chi connectivity index (χ2n) is 3.61. The first-order valence-corrected chi connectivity index (χ1v) is 4.34. The summed E-state index contributed by atoms with van der Waals surface area (Å²) < 4.78 is 4.83. The van der Waals surface area contributed by atoms with E-state index in [0.717, 1.165) is 0 Å². The molecule has 0 bridgehead atoms. The van der Waals surface area contributed by atoms with E-state index in [1.807, 2.05) is 5.32 Å². The lowest BCUT2D eigenvalue weighted by Crippen LogP contribution is -2.39. The maximum Gasteiger partial charge on any atom is 0.414 e. The van der Waals surface area contributed by atoms with Gasteiger partial charge in [-0.1, -0.05) is 0 Å². The predicted octanol–water partition coefficient (Wildman–Crippen LogP) is 1.67. The Morgan fingerprint density at radius 3 is 2.15 bits per heavy atom. The lowest BCUT2D eigenvalue weighted by molar-refractivity contribution is -0.120. The molecular weight excluding hydrogens is 194 g/mol. The van der Waals surface area contributed by atoms with Crippen LogP contribution in [0.1, 0.15) is 27.7 Å². The lowest BCUT2D eigenvalue weighted by Gasteiger charge is -2.19. The molecule has 76 valence electrons. The van der Waals surface area contributed by atoms with Crippen molar-refractivity contribution in [3.63, 3.8) is 0 Å². The molecule has 0 aromatic carbocycles. The highest BCUT2D eigenvalue weighted by Crippen LogP contribution is 2.06. The lowest BCUT2D eigenvalue weighted by atomic mass is 10.2. The molecule has 1 unspecified atom stereocenters. The Morgan fingerprint density at radius 1 is 1.38 bits per heavy atom. The Morgan fingerprint density at radius 2 is 1.85 bits per heavy atom. The number of halogens is 1. The van der Waals surface area contributed by atoms with Gasteiger partial charge in [0.25, 0.3) is 0 Å². The molecule has 0 aromatic rings. The van der Waals surface area contributed by atoms with Crippen molar-refractivity contribution in [2.75, 3.05) is 0 Å². The number of ether oxygens (including phenoxy) is 1. The number of carbonyl (C=O) groups excluding carboxylic acids is 2. The van der Waals surface area contributed by atoms with Gasteiger partial charge in [-0.2, -0.15) is 0 Å². The zero-order chi connectivity index (χ0) is 10.6. The van der Waals surface area contributed by atoms with Crippen molar-refractivity contribution >= 4 is 23.6 Å². The summed E-state index contributed by atoms with van der Waals surface area (Å²) >= 11 is 5.42. The third kappa shape index (κ3) is 6.40. The van der Waals surface area contributed by atoms with Crippen molar-refractivity contribution in [2.24, 2.45) is 0 Å². The van der Waals surface area contributed by atoms with E-state index in [0.29, 0.717) is 0 Å². The van der Waals surface area contributed by atoms with Crippen LogP contribution in [0.2, 0.25) is 0 Å². The van der Waals surface area contributed by atoms with Gasteiger partial charge < -0.3 is 4.74 Å². The fourth-order valence-corrected chi connectivity index (χ4v) is 0.558. The van der Waals surface area contributed by atoms with Gasteiger partial charge in [0.2, 0.25) is 5.91 Å². The molecule has 0 saturated carbocycles. The van der Waals surface area contributed by atoms with E-state index in [-0.39, 0.29) is 0 Å². The van der Waals surface area contributed by atoms with Crippen LogP contribution in [0.15, 0.2) is 0 Å². The monoisotopic (exact) mass is 207 g/mol. The molecule has 13 heavy (non-hydrogen) atoms. The van der Waals surface area contributed by atoms with Crippen LogP contribution in [0.5, 0.6) is 0 Å². The molecule has 0 rings (SSSR count). The van der Waals surface area contributed by atoms with Crippen LogP contribution in [-0.2, 0) is 9.53 Å². The molecule has 2 amide bonds. The molecule has 0 aliphatic rings. The van der Waals surface area contributed by atoms with Crippen LogP contribution in [0.4, 0.5) is 4.79 Å². The third-order valence-corrected chi connectivity index (χ3v) is 1.18. The summed E-state index contributed by atoms with van der Waals surface area (Å²) in [4.78, 5) is 21.9. The van der Waals surface area contributed by atoms with Gasteiger partial charge in [0.05, 0.1) is 0 Å². The molecule has 1 atom stereocenters. The Kier molecular flexibility index (Phi) is 4.20. The highest BCUT2D eigenvalue weighted by Gasteiger charge is 2.19. The second-order valence-corrected chi connectivity index (χ2v) is 4.26. The third-order valence-electron chi connectivity index (χ3n) is 0.985. The Labute approximate surface area is 82.6 Å². The molecule has 0 radical (unpaired) electrons. The number of imide groups is 1. The number of alkyl halides is 1. The van der Waals surface area contributed by atoms with Gasteiger partial charge in [-0.3, -0.25) is 10.1 Å². The average Bonchev–Trinajstić information content (AvgIpc) is 1.81. The molecular formula is C8H14ClNO3. The van der Waals surface area contributed by atoms with Crippen LogP contribution in [0.3, 0.4) is 0 Å². The highest BCUT2D eigenvalue weighted by molar-refractivity contribution is 6.31. The summed E-state index contributed by atoms with van der Waals surface area (Å²) in [6.45, 7) is 6.60. The summed E-state index contributed by atoms with van der Waals surface area (Å²) in [6.07, 6.45) is -0.773. The molecule has 0 aromatic heterocycles. The maximum atomic E-state index is 11.0. The van der Waals surface area contributed by atoms with E-state index in [4.69, 9.17) is 16.3 Å². The minimum atomic E-state index is -0.773. The average molecular weight is 208 g/mol. The number of alkyl carbamates (subject to hydrolysis) is 1. The van der Waals surface area contributed by atoms with E-state index in [1.165, 1.54) is 6.92 Å². The number of hydrogen-bond donors (Lipinski definition) is 1. The highest BCUT2D eigenvalue weighted by atomic mass is 35.5. The van der Waals surface area contributed by atoms with Crippen molar-refractivity contribution < 1.29 is 14.3 Å². The predicted molar refractivity (Wildman–Crippen MR) is 49.7 cm³/mol. The Bertz CT molecular complexity index is 208. The van der Waals surface area contributed by atoms with Gasteiger partial charge >= 0.3 is 6.09 Å². The number of carbonyl (C=O) groups is 2. The first kappa shape index (κ1) is 12.2. The van der Waals surface area contributed by atoms with Crippen molar-refractivity contribution in [2.45, 2.75) is 38.7 Å². The molecule has 0 heterocycles. The SMILES string of the molecule is CC(Cl)C(=O)NC(=O)OC(C)(C)C. The van der Waals surface area contributed by atoms with Crippen molar-refractivity contribution in [1.82, 2.24) is 5.32 Å². The molecule has 0 fully saturated rings. The number of rotatable bonds is 1. The van der Waals surface area contributed by atoms with E-state index >= 15 is 0 Å². The van der Waals surface area contributed by atoms with E-state index < -0.39 is 23.0 Å². The van der Waals surface area contributed by atoms with Crippen LogP contribution in [0, 0.1) is 0 Å². The summed E-state index contributed by atoms with van der Waals surface area (Å²) in [5.74, 6) is -0.559. The standard InChI is InChI=1S/C8H14ClNO3/c1-5(9)6(11)10-7(12)13-8(2,3)4/h5H,1-4H3,(H,10,11,12). The minimum Gasteiger partial charge on any atom is -0.444 e. The van der Waals surface area contributed by atoms with Gasteiger partial charge in [0.1, 0.15) is 11.0 Å². The van der Waals surface area contributed by atoms with Crippen LogP contribution >= 0.6 is 11.6 Å². The number of nitrogens with one attached hydrogen (secondary N) is 1. The summed E-state index contributed by atoms with van der Waals surface area (Å²) in [5, 5.41) is 1.26. The zero-order valence-corrected chi connectivity index (χ0v) is 8.94. The van der Waals surface area contributed by atoms with Crippen LogP contribution in [-0.4, -0.2) is 23.0 Å². The Hall–Kier alpha value is -0.770. The van der Waals surface area contributed by atoms with E-state index in [1.54, 1.807) is 20.8 Å². The molecule has 5 heteroatoms. The quantitative estimate of drug-likeness (QED) is 0.666. The van der Waals surface area contributed by atoms with Gasteiger partial charge in [-0.15, -0.1) is 11.6 Å². The first-order valence-electron chi connectivity index (χ1n) is 3.90. The molecule has 4 nitrogen and oxygen atoms in total. The smallest absolute Gasteiger partial charge is 0.414 e. The van der Waals surface area contributed by atoms with Gasteiger partial charge in [-0.05, 0) is 27.7 Å². The van der Waals surface area contributed by atoms with Crippen molar-refractivity contribution in [3.8, 4) is 0 Å². The van der Waals surface area contributed by atoms with Crippen LogP contribution in [0.25, 0.3) is 0 Å². The zero-order valence-electron chi connectivity index (χ0n) is 8.18. The largest absolute Gasteiger partial charge is 0.444 e. The summed E-state index contributed by atoms with van der Waals surface area (Å²) in [7, 11) is 0. The maximum absolute atomic E-state index is 11.0. The number of hydrogen-bond acceptors (Lipinski definition) is 3. The topological polar surface area (TPSA) is 55.4 Å². The van der Waals surface area contributed by atoms with Crippen molar-refractivity contribution in [3.05, 3.63) is 0 Å². The summed E-state index contributed by atoms with van der Waals surface area (Å²) in [6, 6.07) is 0. The van der Waals surface area contributed by atoms with Gasteiger partial charge in [0, 0.05) is 0 Å². The van der Waals surface area contributed by atoms with Crippen molar-refractivity contribution in [1.29, 1.82) is 0 Å². The minimum absolute atomic E-state index is 0.559. The van der Waals surface area contributed by atoms with Crippen LogP contribution < -0.4 is 5.32 Å². The molecule has 0 saturated heterocycles. The summed E-state index contributed by atoms with van der Waals surface area (Å²) in [5.41, 5.74) is -0.611. The van der Waals surface area contributed by atoms with E-state index in [2.05, 4.69) is 0 Å². The molecule has 0 aliphatic heterocycles. The van der Waals surface area contributed by atoms with Gasteiger partial charge in [-0.25, -0.2) is 4.79 Å². The van der Waals surface area contributed by atoms with E-state index in [9.17, 15) is 9.59 Å². The van der Waals surface area contributed by atoms with Gasteiger partial charge in [0.15, 0.2) is 0 Å².